The van der Waals surface area contributed by atoms with Crippen molar-refractivity contribution in [2.75, 3.05) is 0 Å². The lowest BCUT2D eigenvalue weighted by atomic mass is 9.95. The fraction of sp³-hybridized carbons (Fsp3) is 0.214. The van der Waals surface area contributed by atoms with Gasteiger partial charge >= 0.3 is 29.8 Å². The molecule has 0 unspecified atom stereocenters. The van der Waals surface area contributed by atoms with Gasteiger partial charge in [0.15, 0.2) is 0 Å². The van der Waals surface area contributed by atoms with Gasteiger partial charge in [-0.3, -0.25) is 9.59 Å². The van der Waals surface area contributed by atoms with Crippen LogP contribution in [0, 0.1) is 0 Å². The standard InChI is InChI=1S/C14H12O10/c15-9(16)5-14(13(22)23,6-10(17)18)24-12(21)8-4-2-1-3-7(8)11(19)20/h1-4H,5-6H2,(H,15,16)(H,17,18)(H,19,20)(H,22,23). The van der Waals surface area contributed by atoms with Crippen LogP contribution in [0.15, 0.2) is 24.3 Å². The minimum absolute atomic E-state index is 0.507. The van der Waals surface area contributed by atoms with Crippen molar-refractivity contribution in [2.24, 2.45) is 0 Å². The monoisotopic (exact) mass is 340 g/mol. The zero-order valence-electron chi connectivity index (χ0n) is 12.0. The van der Waals surface area contributed by atoms with Crippen molar-refractivity contribution >= 4 is 29.8 Å². The number of rotatable bonds is 8. The third-order valence-corrected chi connectivity index (χ3v) is 2.93. The van der Waals surface area contributed by atoms with Gasteiger partial charge in [0.1, 0.15) is 0 Å². The molecule has 0 aromatic heterocycles. The van der Waals surface area contributed by atoms with Crippen molar-refractivity contribution < 1.29 is 49.1 Å². The molecule has 10 nitrogen and oxygen atoms in total. The fourth-order valence-electron chi connectivity index (χ4n) is 1.90. The first-order chi connectivity index (χ1) is 11.1. The van der Waals surface area contributed by atoms with Crippen LogP contribution in [0.25, 0.3) is 0 Å². The number of aliphatic carboxylic acids is 3. The van der Waals surface area contributed by atoms with E-state index in [1.807, 2.05) is 0 Å². The Bertz CT molecular complexity index is 689. The maximum Gasteiger partial charge on any atom is 0.349 e. The summed E-state index contributed by atoms with van der Waals surface area (Å²) in [6.45, 7) is 0. The number of esters is 1. The van der Waals surface area contributed by atoms with E-state index < -0.39 is 59.4 Å². The van der Waals surface area contributed by atoms with Gasteiger partial charge in [0, 0.05) is 0 Å². The molecule has 24 heavy (non-hydrogen) atoms. The molecule has 0 saturated heterocycles. The first-order valence-electron chi connectivity index (χ1n) is 6.31. The molecule has 0 saturated carbocycles. The molecule has 0 atom stereocenters. The number of carboxylic acids is 4. The fourth-order valence-corrected chi connectivity index (χ4v) is 1.90. The number of carbonyl (C=O) groups is 5. The van der Waals surface area contributed by atoms with Crippen molar-refractivity contribution in [1.82, 2.24) is 0 Å². The van der Waals surface area contributed by atoms with Gasteiger partial charge in [-0.15, -0.1) is 0 Å². The van der Waals surface area contributed by atoms with Crippen LogP contribution in [0.3, 0.4) is 0 Å². The van der Waals surface area contributed by atoms with Crippen molar-refractivity contribution in [3.05, 3.63) is 35.4 Å². The summed E-state index contributed by atoms with van der Waals surface area (Å²) in [6, 6.07) is 4.66. The summed E-state index contributed by atoms with van der Waals surface area (Å²) < 4.78 is 4.63. The molecular weight excluding hydrogens is 328 g/mol. The van der Waals surface area contributed by atoms with Crippen LogP contribution < -0.4 is 0 Å². The minimum atomic E-state index is -2.87. The highest BCUT2D eigenvalue weighted by Gasteiger charge is 2.47. The Morgan fingerprint density at radius 1 is 0.833 bits per heavy atom. The summed E-state index contributed by atoms with van der Waals surface area (Å²) in [6.07, 6.45) is -2.62. The Morgan fingerprint density at radius 3 is 1.67 bits per heavy atom. The Kier molecular flexibility index (Phi) is 5.60. The normalized spacial score (nSPS) is 10.7. The summed E-state index contributed by atoms with van der Waals surface area (Å²) >= 11 is 0. The van der Waals surface area contributed by atoms with Gasteiger partial charge in [-0.1, -0.05) is 12.1 Å². The lowest BCUT2D eigenvalue weighted by Gasteiger charge is -2.26. The van der Waals surface area contributed by atoms with Crippen LogP contribution in [-0.4, -0.2) is 55.9 Å². The molecule has 0 spiro atoms. The largest absolute Gasteiger partial charge is 0.481 e. The van der Waals surface area contributed by atoms with E-state index in [9.17, 15) is 29.1 Å². The van der Waals surface area contributed by atoms with E-state index in [0.29, 0.717) is 0 Å². The molecule has 0 heterocycles. The molecule has 0 radical (unpaired) electrons. The topological polar surface area (TPSA) is 175 Å². The minimum Gasteiger partial charge on any atom is -0.481 e. The summed E-state index contributed by atoms with van der Waals surface area (Å²) in [5.74, 6) is -8.36. The van der Waals surface area contributed by atoms with E-state index in [4.69, 9.17) is 15.3 Å². The van der Waals surface area contributed by atoms with Crippen molar-refractivity contribution in [2.45, 2.75) is 18.4 Å². The predicted molar refractivity (Wildman–Crippen MR) is 73.7 cm³/mol. The Labute approximate surface area is 133 Å². The quantitative estimate of drug-likeness (QED) is 0.482. The number of hydrogen-bond donors (Lipinski definition) is 4. The molecule has 10 heteroatoms. The summed E-state index contributed by atoms with van der Waals surface area (Å²) in [4.78, 5) is 56.2. The van der Waals surface area contributed by atoms with Crippen LogP contribution in [0.5, 0.6) is 0 Å². The molecule has 1 aromatic carbocycles. The smallest absolute Gasteiger partial charge is 0.349 e. The second-order valence-corrected chi connectivity index (χ2v) is 4.68. The van der Waals surface area contributed by atoms with Crippen molar-refractivity contribution in [3.63, 3.8) is 0 Å². The second kappa shape index (κ2) is 7.22. The molecule has 1 rings (SSSR count). The van der Waals surface area contributed by atoms with E-state index in [-0.39, 0.29) is 0 Å². The van der Waals surface area contributed by atoms with Crippen molar-refractivity contribution in [1.29, 1.82) is 0 Å². The molecular formula is C14H12O10. The first kappa shape index (κ1) is 18.6. The van der Waals surface area contributed by atoms with Crippen LogP contribution in [0.1, 0.15) is 33.6 Å². The zero-order chi connectivity index (χ0) is 18.5. The molecule has 0 aliphatic heterocycles. The average Bonchev–Trinajstić information content (AvgIpc) is 2.45. The van der Waals surface area contributed by atoms with Crippen LogP contribution in [0.4, 0.5) is 0 Å². The molecule has 0 aliphatic rings. The highest BCUT2D eigenvalue weighted by molar-refractivity contribution is 6.03. The highest BCUT2D eigenvalue weighted by atomic mass is 16.6. The Hall–Kier alpha value is -3.43. The molecule has 0 aliphatic carbocycles. The third-order valence-electron chi connectivity index (χ3n) is 2.93. The van der Waals surface area contributed by atoms with E-state index in [1.165, 1.54) is 12.1 Å². The van der Waals surface area contributed by atoms with Gasteiger partial charge in [0.2, 0.25) is 5.60 Å². The lowest BCUT2D eigenvalue weighted by molar-refractivity contribution is -0.171. The third kappa shape index (κ3) is 4.29. The zero-order valence-corrected chi connectivity index (χ0v) is 12.0. The number of hydrogen-bond acceptors (Lipinski definition) is 6. The number of carbonyl (C=O) groups excluding carboxylic acids is 1. The molecule has 0 fully saturated rings. The molecule has 128 valence electrons. The molecule has 4 N–H and O–H groups in total. The van der Waals surface area contributed by atoms with Crippen LogP contribution >= 0.6 is 0 Å². The number of aromatic carboxylic acids is 1. The van der Waals surface area contributed by atoms with Gasteiger partial charge in [0.05, 0.1) is 24.0 Å². The maximum absolute atomic E-state index is 12.1. The van der Waals surface area contributed by atoms with Gasteiger partial charge in [0.25, 0.3) is 0 Å². The van der Waals surface area contributed by atoms with Gasteiger partial charge in [-0.25, -0.2) is 14.4 Å². The average molecular weight is 340 g/mol. The lowest BCUT2D eigenvalue weighted by Crippen LogP contribution is -2.47. The van der Waals surface area contributed by atoms with E-state index in [2.05, 4.69) is 4.74 Å². The highest BCUT2D eigenvalue weighted by Crippen LogP contribution is 2.25. The van der Waals surface area contributed by atoms with Gasteiger partial charge in [-0.2, -0.15) is 0 Å². The summed E-state index contributed by atoms with van der Waals surface area (Å²) in [7, 11) is 0. The van der Waals surface area contributed by atoms with E-state index in [0.717, 1.165) is 12.1 Å². The maximum atomic E-state index is 12.1. The number of ether oxygens (including phenoxy) is 1. The molecule has 0 amide bonds. The summed E-state index contributed by atoms with van der Waals surface area (Å²) in [5.41, 5.74) is -3.92. The van der Waals surface area contributed by atoms with Crippen LogP contribution in [-0.2, 0) is 19.1 Å². The van der Waals surface area contributed by atoms with Crippen LogP contribution in [0.2, 0.25) is 0 Å². The first-order valence-corrected chi connectivity index (χ1v) is 6.31. The van der Waals surface area contributed by atoms with E-state index >= 15 is 0 Å². The van der Waals surface area contributed by atoms with Crippen molar-refractivity contribution in [3.8, 4) is 0 Å². The van der Waals surface area contributed by atoms with Gasteiger partial charge < -0.3 is 25.2 Å². The summed E-state index contributed by atoms with van der Waals surface area (Å²) in [5, 5.41) is 35.8. The number of benzene rings is 1. The second-order valence-electron chi connectivity index (χ2n) is 4.68. The molecule has 1 aromatic rings. The number of carboxylic acid groups (broad SMARTS) is 4. The Balaban J connectivity index is 3.30. The predicted octanol–water partition coefficient (Wildman–Crippen LogP) is 0.314. The molecule has 0 bridgehead atoms. The SMILES string of the molecule is O=C(O)CC(CC(=O)O)(OC(=O)c1ccccc1C(=O)O)C(=O)O. The van der Waals surface area contributed by atoms with Gasteiger partial charge in [-0.05, 0) is 12.1 Å². The Morgan fingerprint density at radius 2 is 1.29 bits per heavy atom. The van der Waals surface area contributed by atoms with E-state index in [1.54, 1.807) is 0 Å².